The van der Waals surface area contributed by atoms with Gasteiger partial charge < -0.3 is 9.78 Å². The predicted molar refractivity (Wildman–Crippen MR) is 122 cm³/mol. The highest BCUT2D eigenvalue weighted by Gasteiger charge is 2.23. The highest BCUT2D eigenvalue weighted by atomic mass is 35.5. The van der Waals surface area contributed by atoms with Crippen LogP contribution in [-0.2, 0) is 14.8 Å². The summed E-state index contributed by atoms with van der Waals surface area (Å²) in [6.45, 7) is 1.58. The summed E-state index contributed by atoms with van der Waals surface area (Å²) in [6, 6.07) is 15.3. The monoisotopic (exact) mass is 459 g/mol. The van der Waals surface area contributed by atoms with Crippen LogP contribution in [0.1, 0.15) is 50.9 Å². The van der Waals surface area contributed by atoms with Crippen LogP contribution < -0.4 is 4.72 Å². The summed E-state index contributed by atoms with van der Waals surface area (Å²) in [5.41, 5.74) is 1.80. The number of aromatic nitrogens is 2. The maximum Gasteiger partial charge on any atom is 0.241 e. The summed E-state index contributed by atoms with van der Waals surface area (Å²) in [4.78, 5) is 19.0. The average Bonchev–Trinajstić information content (AvgIpc) is 3.23. The number of aromatic amines is 1. The number of unbranched alkanes of at least 4 members (excludes halogenated alkanes) is 2. The number of H-pyrrole nitrogens is 1. The zero-order valence-corrected chi connectivity index (χ0v) is 18.9. The van der Waals surface area contributed by atoms with Gasteiger partial charge in [0.1, 0.15) is 11.6 Å². The van der Waals surface area contributed by atoms with E-state index in [0.29, 0.717) is 23.7 Å². The number of sulfonamides is 1. The summed E-state index contributed by atoms with van der Waals surface area (Å²) in [6.07, 6.45) is 5.21. The molecule has 1 heterocycles. The summed E-state index contributed by atoms with van der Waals surface area (Å²) >= 11 is 5.89. The molecule has 0 unspecified atom stereocenters. The molecule has 0 aliphatic heterocycles. The molecule has 0 bridgehead atoms. The van der Waals surface area contributed by atoms with Crippen molar-refractivity contribution in [3.63, 3.8) is 0 Å². The van der Waals surface area contributed by atoms with Crippen LogP contribution in [0.3, 0.4) is 0 Å². The van der Waals surface area contributed by atoms with Crippen molar-refractivity contribution in [2.45, 2.75) is 50.0 Å². The van der Waals surface area contributed by atoms with E-state index >= 15 is 0 Å². The second-order valence-corrected chi connectivity index (χ2v) is 9.63. The standard InChI is InChI=1S/C23H26ClN3O3S/c1-17(28)8-4-2-7-11-21(27-31(29,30)20-14-12-19(24)13-15-20)23-25-16-22(26-23)18-9-5-3-6-10-18/h3,5-6,9-10,12-16,21,27H,2,4,7-8,11H2,1H3,(H,25,26)/t21-/m0/s1. The summed E-state index contributed by atoms with van der Waals surface area (Å²) < 4.78 is 28.7. The fourth-order valence-corrected chi connectivity index (χ4v) is 4.66. The van der Waals surface area contributed by atoms with Crippen molar-refractivity contribution < 1.29 is 13.2 Å². The van der Waals surface area contributed by atoms with E-state index in [1.54, 1.807) is 25.3 Å². The lowest BCUT2D eigenvalue weighted by Crippen LogP contribution is -2.29. The van der Waals surface area contributed by atoms with E-state index in [0.717, 1.165) is 30.5 Å². The summed E-state index contributed by atoms with van der Waals surface area (Å²) in [7, 11) is -3.76. The summed E-state index contributed by atoms with van der Waals surface area (Å²) in [5, 5.41) is 0.472. The van der Waals surface area contributed by atoms with Gasteiger partial charge in [-0.25, -0.2) is 18.1 Å². The van der Waals surface area contributed by atoms with Gasteiger partial charge in [0.25, 0.3) is 0 Å². The lowest BCUT2D eigenvalue weighted by molar-refractivity contribution is -0.117. The van der Waals surface area contributed by atoms with Gasteiger partial charge in [-0.15, -0.1) is 0 Å². The first-order valence-corrected chi connectivity index (χ1v) is 12.1. The molecule has 2 N–H and O–H groups in total. The number of rotatable bonds is 11. The molecule has 1 atom stereocenters. The molecule has 0 saturated heterocycles. The van der Waals surface area contributed by atoms with Gasteiger partial charge in [-0.3, -0.25) is 0 Å². The van der Waals surface area contributed by atoms with E-state index in [1.807, 2.05) is 30.3 Å². The minimum atomic E-state index is -3.76. The van der Waals surface area contributed by atoms with Crippen LogP contribution >= 0.6 is 11.6 Å². The van der Waals surface area contributed by atoms with Gasteiger partial charge in [-0.05, 0) is 49.6 Å². The maximum atomic E-state index is 12.9. The van der Waals surface area contributed by atoms with E-state index in [2.05, 4.69) is 14.7 Å². The lowest BCUT2D eigenvalue weighted by atomic mass is 10.1. The fourth-order valence-electron chi connectivity index (χ4n) is 3.30. The molecule has 0 radical (unpaired) electrons. The smallest absolute Gasteiger partial charge is 0.241 e. The zero-order valence-electron chi connectivity index (χ0n) is 17.3. The van der Waals surface area contributed by atoms with Crippen molar-refractivity contribution >= 4 is 27.4 Å². The number of carbonyl (C=O) groups is 1. The normalized spacial score (nSPS) is 12.6. The van der Waals surface area contributed by atoms with E-state index in [1.165, 1.54) is 12.1 Å². The predicted octanol–water partition coefficient (Wildman–Crippen LogP) is 5.29. The Labute approximate surface area is 188 Å². The van der Waals surface area contributed by atoms with Crippen LogP contribution in [0.5, 0.6) is 0 Å². The first-order chi connectivity index (χ1) is 14.8. The van der Waals surface area contributed by atoms with Gasteiger partial charge in [0.05, 0.1) is 22.8 Å². The largest absolute Gasteiger partial charge is 0.341 e. The van der Waals surface area contributed by atoms with Gasteiger partial charge in [0.2, 0.25) is 10.0 Å². The number of benzene rings is 2. The van der Waals surface area contributed by atoms with Crippen LogP contribution in [0, 0.1) is 0 Å². The molecule has 1 aromatic heterocycles. The van der Waals surface area contributed by atoms with Crippen LogP contribution in [-0.4, -0.2) is 24.2 Å². The maximum absolute atomic E-state index is 12.9. The molecular formula is C23H26ClN3O3S. The topological polar surface area (TPSA) is 91.9 Å². The fraction of sp³-hybridized carbons (Fsp3) is 0.304. The highest BCUT2D eigenvalue weighted by molar-refractivity contribution is 7.89. The first-order valence-electron chi connectivity index (χ1n) is 10.2. The van der Waals surface area contributed by atoms with Gasteiger partial charge in [0, 0.05) is 11.4 Å². The Morgan fingerprint density at radius 3 is 2.45 bits per heavy atom. The third kappa shape index (κ3) is 6.75. The summed E-state index contributed by atoms with van der Waals surface area (Å²) in [5.74, 6) is 0.724. The molecule has 31 heavy (non-hydrogen) atoms. The van der Waals surface area contributed by atoms with E-state index in [4.69, 9.17) is 11.6 Å². The van der Waals surface area contributed by atoms with E-state index < -0.39 is 16.1 Å². The Hall–Kier alpha value is -2.48. The van der Waals surface area contributed by atoms with Crippen molar-refractivity contribution in [1.82, 2.24) is 14.7 Å². The Morgan fingerprint density at radius 2 is 1.77 bits per heavy atom. The molecule has 8 heteroatoms. The second-order valence-electron chi connectivity index (χ2n) is 7.48. The number of hydrogen-bond donors (Lipinski definition) is 2. The molecule has 0 amide bonds. The van der Waals surface area contributed by atoms with Crippen molar-refractivity contribution in [2.75, 3.05) is 0 Å². The Bertz CT molecular complexity index is 1100. The van der Waals surface area contributed by atoms with Crippen molar-refractivity contribution in [3.8, 4) is 11.3 Å². The molecule has 3 rings (SSSR count). The van der Waals surface area contributed by atoms with E-state index in [9.17, 15) is 13.2 Å². The Morgan fingerprint density at radius 1 is 1.06 bits per heavy atom. The van der Waals surface area contributed by atoms with E-state index in [-0.39, 0.29) is 10.7 Å². The molecule has 0 spiro atoms. The quantitative estimate of drug-likeness (QED) is 0.381. The van der Waals surface area contributed by atoms with Crippen molar-refractivity contribution in [1.29, 1.82) is 0 Å². The Kier molecular flexibility index (Phi) is 8.01. The first kappa shape index (κ1) is 23.2. The van der Waals surface area contributed by atoms with Crippen LogP contribution in [0.25, 0.3) is 11.3 Å². The third-order valence-corrected chi connectivity index (χ3v) is 6.69. The zero-order chi connectivity index (χ0) is 22.3. The average molecular weight is 460 g/mol. The highest BCUT2D eigenvalue weighted by Crippen LogP contribution is 2.25. The van der Waals surface area contributed by atoms with Crippen LogP contribution in [0.4, 0.5) is 0 Å². The number of nitrogens with one attached hydrogen (secondary N) is 2. The van der Waals surface area contributed by atoms with Gasteiger partial charge in [-0.1, -0.05) is 54.8 Å². The van der Waals surface area contributed by atoms with Crippen LogP contribution in [0.2, 0.25) is 5.02 Å². The number of nitrogens with zero attached hydrogens (tertiary/aromatic N) is 1. The molecular weight excluding hydrogens is 434 g/mol. The van der Waals surface area contributed by atoms with Gasteiger partial charge in [0.15, 0.2) is 0 Å². The number of carbonyl (C=O) groups excluding carboxylic acids is 1. The molecule has 2 aromatic carbocycles. The number of imidazole rings is 1. The third-order valence-electron chi connectivity index (χ3n) is 4.95. The number of ketones is 1. The van der Waals surface area contributed by atoms with Gasteiger partial charge in [-0.2, -0.15) is 0 Å². The van der Waals surface area contributed by atoms with Crippen LogP contribution in [0.15, 0.2) is 65.7 Å². The van der Waals surface area contributed by atoms with Crippen molar-refractivity contribution in [3.05, 3.63) is 71.6 Å². The molecule has 6 nitrogen and oxygen atoms in total. The number of Topliss-reactive ketones (excluding diaryl/α,β-unsaturated/α-hetero) is 1. The van der Waals surface area contributed by atoms with Gasteiger partial charge >= 0.3 is 0 Å². The molecule has 164 valence electrons. The molecule has 3 aromatic rings. The lowest BCUT2D eigenvalue weighted by Gasteiger charge is -2.17. The number of hydrogen-bond acceptors (Lipinski definition) is 4. The SMILES string of the molecule is CC(=O)CCCCC[C@H](NS(=O)(=O)c1ccc(Cl)cc1)c1ncc(-c2ccccc2)[nH]1. The molecule has 0 saturated carbocycles. The molecule has 0 aliphatic rings. The minimum Gasteiger partial charge on any atom is -0.341 e. The minimum absolute atomic E-state index is 0.147. The Balaban J connectivity index is 1.78. The molecule has 0 aliphatic carbocycles. The van der Waals surface area contributed by atoms with Crippen molar-refractivity contribution in [2.24, 2.45) is 0 Å². The molecule has 0 fully saturated rings. The second kappa shape index (κ2) is 10.7. The number of halogens is 1.